The number of hydrogen-bond acceptors (Lipinski definition) is 6. The van der Waals surface area contributed by atoms with E-state index in [-0.39, 0.29) is 18.4 Å². The van der Waals surface area contributed by atoms with Crippen LogP contribution in [0.25, 0.3) is 0 Å². The molecule has 0 spiro atoms. The van der Waals surface area contributed by atoms with Crippen LogP contribution in [0.4, 0.5) is 0 Å². The first-order valence-electron chi connectivity index (χ1n) is 11.4. The van der Waals surface area contributed by atoms with Crippen molar-refractivity contribution >= 4 is 11.8 Å². The molecule has 0 radical (unpaired) electrons. The maximum Gasteiger partial charge on any atom is 0.255 e. The molecule has 1 heterocycles. The zero-order valence-electron chi connectivity index (χ0n) is 19.2. The molecule has 0 aliphatic carbocycles. The minimum Gasteiger partial charge on any atom is -0.497 e. The van der Waals surface area contributed by atoms with Crippen LogP contribution in [0.5, 0.6) is 11.5 Å². The number of methoxy groups -OCH3 is 1. The lowest BCUT2D eigenvalue weighted by Gasteiger charge is -2.22. The Balaban J connectivity index is 1.50. The molecule has 33 heavy (non-hydrogen) atoms. The Morgan fingerprint density at radius 1 is 1.06 bits per heavy atom. The van der Waals surface area contributed by atoms with Gasteiger partial charge in [-0.15, -0.1) is 0 Å². The third-order valence-corrected chi connectivity index (χ3v) is 5.29. The summed E-state index contributed by atoms with van der Waals surface area (Å²) in [6.45, 7) is 4.08. The van der Waals surface area contributed by atoms with Crippen LogP contribution in [0.3, 0.4) is 0 Å². The van der Waals surface area contributed by atoms with E-state index in [4.69, 9.17) is 14.2 Å². The Hall–Kier alpha value is -3.10. The quantitative estimate of drug-likeness (QED) is 0.623. The predicted octanol–water partition coefficient (Wildman–Crippen LogP) is 2.23. The second-order valence-electron chi connectivity index (χ2n) is 7.84. The first kappa shape index (κ1) is 24.5. The zero-order valence-corrected chi connectivity index (χ0v) is 19.2. The second kappa shape index (κ2) is 13.4. The van der Waals surface area contributed by atoms with Crippen molar-refractivity contribution in [2.75, 3.05) is 53.0 Å². The predicted molar refractivity (Wildman–Crippen MR) is 126 cm³/mol. The lowest BCUT2D eigenvalue weighted by Crippen LogP contribution is -2.41. The minimum atomic E-state index is -0.186. The van der Waals surface area contributed by atoms with Gasteiger partial charge in [0.05, 0.1) is 32.4 Å². The first-order valence-corrected chi connectivity index (χ1v) is 11.4. The second-order valence-corrected chi connectivity index (χ2v) is 7.84. The molecule has 0 saturated heterocycles. The fourth-order valence-electron chi connectivity index (χ4n) is 3.57. The Morgan fingerprint density at radius 2 is 1.91 bits per heavy atom. The molecule has 2 N–H and O–H groups in total. The van der Waals surface area contributed by atoms with E-state index in [1.807, 2.05) is 30.3 Å². The standard InChI is InChI=1S/C25H33N3O5/c1-31-21-9-10-22-23(17-21)33-16-12-26-24(29)18-28(13-5-11-27-25(22)30)14-6-15-32-19-20-7-3-2-4-8-20/h2-4,7-10,17H,5-6,11-16,18-19H2,1H3,(H,26,29)(H,27,30). The van der Waals surface area contributed by atoms with Gasteiger partial charge in [-0.25, -0.2) is 0 Å². The summed E-state index contributed by atoms with van der Waals surface area (Å²) in [4.78, 5) is 27.1. The first-order chi connectivity index (χ1) is 16.2. The number of nitrogens with one attached hydrogen (secondary N) is 2. The molecule has 8 nitrogen and oxygen atoms in total. The highest BCUT2D eigenvalue weighted by Gasteiger charge is 2.16. The fourth-order valence-corrected chi connectivity index (χ4v) is 3.57. The van der Waals surface area contributed by atoms with Crippen molar-refractivity contribution in [1.82, 2.24) is 15.5 Å². The third-order valence-electron chi connectivity index (χ3n) is 5.29. The zero-order chi connectivity index (χ0) is 23.3. The van der Waals surface area contributed by atoms with E-state index < -0.39 is 0 Å². The number of carbonyl (C=O) groups is 2. The van der Waals surface area contributed by atoms with Gasteiger partial charge in [-0.1, -0.05) is 30.3 Å². The van der Waals surface area contributed by atoms with Crippen LogP contribution in [0, 0.1) is 0 Å². The average molecular weight is 456 g/mol. The molecule has 2 aromatic carbocycles. The number of benzene rings is 2. The highest BCUT2D eigenvalue weighted by Crippen LogP contribution is 2.25. The van der Waals surface area contributed by atoms with E-state index in [0.717, 1.165) is 24.9 Å². The molecule has 0 unspecified atom stereocenters. The summed E-state index contributed by atoms with van der Waals surface area (Å²) in [6.07, 6.45) is 1.56. The molecule has 1 aliphatic heterocycles. The van der Waals surface area contributed by atoms with Crippen molar-refractivity contribution in [3.05, 3.63) is 59.7 Å². The monoisotopic (exact) mass is 455 g/mol. The molecule has 1 aliphatic rings. The molecular formula is C25H33N3O5. The number of rotatable bonds is 7. The average Bonchev–Trinajstić information content (AvgIpc) is 2.84. The minimum absolute atomic E-state index is 0.0456. The van der Waals surface area contributed by atoms with Gasteiger partial charge in [-0.3, -0.25) is 14.5 Å². The molecule has 0 saturated carbocycles. The molecular weight excluding hydrogens is 422 g/mol. The fraction of sp³-hybridized carbons (Fsp3) is 0.440. The van der Waals surface area contributed by atoms with Crippen molar-refractivity contribution in [2.45, 2.75) is 19.4 Å². The van der Waals surface area contributed by atoms with Gasteiger partial charge in [-0.2, -0.15) is 0 Å². The van der Waals surface area contributed by atoms with Gasteiger partial charge in [0.15, 0.2) is 0 Å². The summed E-state index contributed by atoms with van der Waals surface area (Å²) in [6, 6.07) is 15.2. The van der Waals surface area contributed by atoms with E-state index in [9.17, 15) is 9.59 Å². The largest absolute Gasteiger partial charge is 0.497 e. The number of hydrogen-bond donors (Lipinski definition) is 2. The lowest BCUT2D eigenvalue weighted by atomic mass is 10.1. The van der Waals surface area contributed by atoms with Gasteiger partial charge in [0, 0.05) is 32.3 Å². The van der Waals surface area contributed by atoms with Crippen molar-refractivity contribution in [3.63, 3.8) is 0 Å². The third kappa shape index (κ3) is 8.40. The van der Waals surface area contributed by atoms with Crippen LogP contribution in [0.2, 0.25) is 0 Å². The van der Waals surface area contributed by atoms with Crippen molar-refractivity contribution < 1.29 is 23.8 Å². The highest BCUT2D eigenvalue weighted by atomic mass is 16.5. The van der Waals surface area contributed by atoms with E-state index in [1.54, 1.807) is 25.3 Å². The Bertz CT molecular complexity index is 891. The summed E-state index contributed by atoms with van der Waals surface area (Å²) >= 11 is 0. The number of amides is 2. The number of ether oxygens (including phenoxy) is 3. The number of carbonyl (C=O) groups excluding carboxylic acids is 2. The van der Waals surface area contributed by atoms with Crippen molar-refractivity contribution in [2.24, 2.45) is 0 Å². The van der Waals surface area contributed by atoms with Crippen LogP contribution < -0.4 is 20.1 Å². The molecule has 0 aromatic heterocycles. The Labute approximate surface area is 195 Å². The number of fused-ring (bicyclic) bond motifs is 1. The summed E-state index contributed by atoms with van der Waals surface area (Å²) in [5.41, 5.74) is 1.60. The normalized spacial score (nSPS) is 16.0. The molecule has 0 bridgehead atoms. The van der Waals surface area contributed by atoms with Gasteiger partial charge in [0.2, 0.25) is 5.91 Å². The molecule has 178 valence electrons. The molecule has 2 aromatic rings. The van der Waals surface area contributed by atoms with Crippen molar-refractivity contribution in [3.8, 4) is 11.5 Å². The summed E-state index contributed by atoms with van der Waals surface area (Å²) in [5.74, 6) is 0.816. The molecule has 8 heteroatoms. The highest BCUT2D eigenvalue weighted by molar-refractivity contribution is 5.97. The molecule has 2 amide bonds. The maximum atomic E-state index is 12.6. The van der Waals surface area contributed by atoms with E-state index in [1.165, 1.54) is 0 Å². The lowest BCUT2D eigenvalue weighted by molar-refractivity contribution is -0.122. The van der Waals surface area contributed by atoms with Crippen LogP contribution >= 0.6 is 0 Å². The van der Waals surface area contributed by atoms with Crippen LogP contribution in [0.1, 0.15) is 28.8 Å². The van der Waals surface area contributed by atoms with Gasteiger partial charge in [0.25, 0.3) is 5.91 Å². The smallest absolute Gasteiger partial charge is 0.255 e. The maximum absolute atomic E-state index is 12.6. The summed E-state index contributed by atoms with van der Waals surface area (Å²) in [5, 5.41) is 5.84. The van der Waals surface area contributed by atoms with Gasteiger partial charge >= 0.3 is 0 Å². The van der Waals surface area contributed by atoms with Crippen molar-refractivity contribution in [1.29, 1.82) is 0 Å². The Kier molecular flexibility index (Phi) is 10.0. The van der Waals surface area contributed by atoms with E-state index in [0.29, 0.717) is 56.5 Å². The molecule has 0 fully saturated rings. The van der Waals surface area contributed by atoms with E-state index in [2.05, 4.69) is 15.5 Å². The van der Waals surface area contributed by atoms with Crippen LogP contribution in [-0.4, -0.2) is 69.8 Å². The topological polar surface area (TPSA) is 89.1 Å². The SMILES string of the molecule is COc1ccc2c(c1)OCCNC(=O)CN(CCCOCc1ccccc1)CCCNC2=O. The van der Waals surface area contributed by atoms with Gasteiger partial charge < -0.3 is 24.8 Å². The van der Waals surface area contributed by atoms with Crippen LogP contribution in [-0.2, 0) is 16.1 Å². The van der Waals surface area contributed by atoms with Crippen LogP contribution in [0.15, 0.2) is 48.5 Å². The number of nitrogens with zero attached hydrogens (tertiary/aromatic N) is 1. The molecule has 0 atom stereocenters. The van der Waals surface area contributed by atoms with Gasteiger partial charge in [0.1, 0.15) is 18.1 Å². The Morgan fingerprint density at radius 3 is 2.73 bits per heavy atom. The van der Waals surface area contributed by atoms with Gasteiger partial charge in [-0.05, 0) is 30.5 Å². The molecule has 3 rings (SSSR count). The van der Waals surface area contributed by atoms with E-state index >= 15 is 0 Å². The summed E-state index contributed by atoms with van der Waals surface area (Å²) < 4.78 is 16.8. The summed E-state index contributed by atoms with van der Waals surface area (Å²) in [7, 11) is 1.56.